The molecule has 2 aromatic carbocycles. The standard InChI is InChI=1S/C20H23F2NO/c21-18-5-1-16(2-6-18)20(17-3-7-19(22)8-4-17)24-14-11-15-9-12-23-13-10-15/h1-8,15,20,23H,9-14H2. The summed E-state index contributed by atoms with van der Waals surface area (Å²) in [6.45, 7) is 2.79. The molecule has 0 aromatic heterocycles. The Labute approximate surface area is 141 Å². The van der Waals surface area contributed by atoms with E-state index in [1.54, 1.807) is 24.3 Å². The van der Waals surface area contributed by atoms with Crippen molar-refractivity contribution in [2.75, 3.05) is 19.7 Å². The van der Waals surface area contributed by atoms with Crippen molar-refractivity contribution in [3.63, 3.8) is 0 Å². The molecule has 128 valence electrons. The summed E-state index contributed by atoms with van der Waals surface area (Å²) in [6.07, 6.45) is 3.08. The molecule has 1 heterocycles. The molecule has 4 heteroatoms. The van der Waals surface area contributed by atoms with Crippen LogP contribution in [0, 0.1) is 17.6 Å². The summed E-state index contributed by atoms with van der Waals surface area (Å²) in [5, 5.41) is 3.36. The van der Waals surface area contributed by atoms with Crippen LogP contribution < -0.4 is 5.32 Å². The van der Waals surface area contributed by atoms with E-state index in [0.717, 1.165) is 30.6 Å². The van der Waals surface area contributed by atoms with Crippen molar-refractivity contribution >= 4 is 0 Å². The molecule has 1 aliphatic rings. The van der Waals surface area contributed by atoms with Crippen molar-refractivity contribution < 1.29 is 13.5 Å². The van der Waals surface area contributed by atoms with Crippen LogP contribution in [0.4, 0.5) is 8.78 Å². The van der Waals surface area contributed by atoms with Gasteiger partial charge in [0, 0.05) is 6.61 Å². The molecule has 2 aromatic rings. The fourth-order valence-corrected chi connectivity index (χ4v) is 3.18. The van der Waals surface area contributed by atoms with Crippen LogP contribution in [0.3, 0.4) is 0 Å². The van der Waals surface area contributed by atoms with Gasteiger partial charge in [-0.15, -0.1) is 0 Å². The van der Waals surface area contributed by atoms with Gasteiger partial charge < -0.3 is 10.1 Å². The Hall–Kier alpha value is -1.78. The Morgan fingerprint density at radius 3 is 1.88 bits per heavy atom. The first-order valence-electron chi connectivity index (χ1n) is 8.55. The average molecular weight is 331 g/mol. The topological polar surface area (TPSA) is 21.3 Å². The molecule has 24 heavy (non-hydrogen) atoms. The average Bonchev–Trinajstić information content (AvgIpc) is 2.62. The molecule has 0 amide bonds. The molecule has 1 fully saturated rings. The number of benzene rings is 2. The van der Waals surface area contributed by atoms with E-state index in [2.05, 4.69) is 5.32 Å². The molecule has 0 aliphatic carbocycles. The molecule has 0 spiro atoms. The predicted molar refractivity (Wildman–Crippen MR) is 90.8 cm³/mol. The number of halogens is 2. The summed E-state index contributed by atoms with van der Waals surface area (Å²) < 4.78 is 32.5. The normalized spacial score (nSPS) is 15.8. The van der Waals surface area contributed by atoms with Gasteiger partial charge >= 0.3 is 0 Å². The van der Waals surface area contributed by atoms with Gasteiger partial charge in [-0.25, -0.2) is 8.78 Å². The van der Waals surface area contributed by atoms with Crippen LogP contribution in [0.15, 0.2) is 48.5 Å². The van der Waals surface area contributed by atoms with E-state index in [4.69, 9.17) is 4.74 Å². The van der Waals surface area contributed by atoms with Crippen LogP contribution in [0.5, 0.6) is 0 Å². The molecule has 1 aliphatic heterocycles. The van der Waals surface area contributed by atoms with Gasteiger partial charge in [0.05, 0.1) is 0 Å². The zero-order chi connectivity index (χ0) is 16.8. The van der Waals surface area contributed by atoms with Gasteiger partial charge in [0.2, 0.25) is 0 Å². The quantitative estimate of drug-likeness (QED) is 0.844. The second-order valence-electron chi connectivity index (χ2n) is 6.34. The number of piperidine rings is 1. The zero-order valence-corrected chi connectivity index (χ0v) is 13.7. The van der Waals surface area contributed by atoms with Crippen LogP contribution in [0.25, 0.3) is 0 Å². The number of ether oxygens (including phenoxy) is 1. The highest BCUT2D eigenvalue weighted by molar-refractivity contribution is 5.30. The minimum absolute atomic E-state index is 0.272. The van der Waals surface area contributed by atoms with Crippen molar-refractivity contribution in [3.8, 4) is 0 Å². The fraction of sp³-hybridized carbons (Fsp3) is 0.400. The summed E-state index contributed by atoms with van der Waals surface area (Å²) in [5.41, 5.74) is 1.77. The van der Waals surface area contributed by atoms with E-state index in [0.29, 0.717) is 12.5 Å². The summed E-state index contributed by atoms with van der Waals surface area (Å²) in [4.78, 5) is 0. The van der Waals surface area contributed by atoms with Crippen molar-refractivity contribution in [2.24, 2.45) is 5.92 Å². The lowest BCUT2D eigenvalue weighted by Gasteiger charge is -2.24. The third-order valence-corrected chi connectivity index (χ3v) is 4.61. The van der Waals surface area contributed by atoms with Gasteiger partial charge in [-0.3, -0.25) is 0 Å². The van der Waals surface area contributed by atoms with Crippen LogP contribution in [-0.2, 0) is 4.74 Å². The maximum atomic E-state index is 13.2. The number of rotatable bonds is 6. The highest BCUT2D eigenvalue weighted by Gasteiger charge is 2.17. The lowest BCUT2D eigenvalue weighted by Crippen LogP contribution is -2.28. The van der Waals surface area contributed by atoms with Gasteiger partial charge in [-0.2, -0.15) is 0 Å². The summed E-state index contributed by atoms with van der Waals surface area (Å²) in [7, 11) is 0. The summed E-state index contributed by atoms with van der Waals surface area (Å²) in [5.74, 6) is 0.144. The van der Waals surface area contributed by atoms with E-state index in [9.17, 15) is 8.78 Å². The Kier molecular flexibility index (Phi) is 5.94. The third kappa shape index (κ3) is 4.62. The van der Waals surface area contributed by atoms with Crippen LogP contribution in [-0.4, -0.2) is 19.7 Å². The van der Waals surface area contributed by atoms with Gasteiger partial charge in [0.1, 0.15) is 17.7 Å². The molecule has 3 rings (SSSR count). The summed E-state index contributed by atoms with van der Waals surface area (Å²) >= 11 is 0. The molecule has 1 N–H and O–H groups in total. The molecule has 0 atom stereocenters. The molecule has 1 saturated heterocycles. The molecular weight excluding hydrogens is 308 g/mol. The van der Waals surface area contributed by atoms with Gasteiger partial charge in [-0.05, 0) is 73.7 Å². The Bertz CT molecular complexity index is 576. The van der Waals surface area contributed by atoms with Crippen LogP contribution in [0.1, 0.15) is 36.5 Å². The SMILES string of the molecule is Fc1ccc(C(OCCC2CCNCC2)c2ccc(F)cc2)cc1. The highest BCUT2D eigenvalue weighted by atomic mass is 19.1. The lowest BCUT2D eigenvalue weighted by molar-refractivity contribution is 0.0663. The van der Waals surface area contributed by atoms with Crippen molar-refractivity contribution in [2.45, 2.75) is 25.4 Å². The van der Waals surface area contributed by atoms with E-state index in [-0.39, 0.29) is 17.7 Å². The zero-order valence-electron chi connectivity index (χ0n) is 13.7. The first kappa shape index (κ1) is 17.1. The maximum absolute atomic E-state index is 13.2. The third-order valence-electron chi connectivity index (χ3n) is 4.61. The molecule has 0 bridgehead atoms. The maximum Gasteiger partial charge on any atom is 0.123 e. The van der Waals surface area contributed by atoms with Crippen LogP contribution in [0.2, 0.25) is 0 Å². The van der Waals surface area contributed by atoms with E-state index in [1.807, 2.05) is 0 Å². The Balaban J connectivity index is 1.69. The fourth-order valence-electron chi connectivity index (χ4n) is 3.18. The molecule has 0 unspecified atom stereocenters. The van der Waals surface area contributed by atoms with E-state index < -0.39 is 0 Å². The molecular formula is C20H23F2NO. The number of hydrogen-bond acceptors (Lipinski definition) is 2. The Morgan fingerprint density at radius 1 is 0.875 bits per heavy atom. The van der Waals surface area contributed by atoms with Crippen LogP contribution >= 0.6 is 0 Å². The number of hydrogen-bond donors (Lipinski definition) is 1. The molecule has 2 nitrogen and oxygen atoms in total. The first-order chi connectivity index (χ1) is 11.7. The monoisotopic (exact) mass is 331 g/mol. The predicted octanol–water partition coefficient (Wildman–Crippen LogP) is 4.46. The smallest absolute Gasteiger partial charge is 0.123 e. The first-order valence-corrected chi connectivity index (χ1v) is 8.55. The molecule has 0 saturated carbocycles. The second-order valence-corrected chi connectivity index (χ2v) is 6.34. The minimum Gasteiger partial charge on any atom is -0.369 e. The van der Waals surface area contributed by atoms with E-state index in [1.165, 1.54) is 37.1 Å². The largest absolute Gasteiger partial charge is 0.369 e. The van der Waals surface area contributed by atoms with Gasteiger partial charge in [0.15, 0.2) is 0 Å². The second kappa shape index (κ2) is 8.36. The van der Waals surface area contributed by atoms with E-state index >= 15 is 0 Å². The Morgan fingerprint density at radius 2 is 1.38 bits per heavy atom. The van der Waals surface area contributed by atoms with Crippen molar-refractivity contribution in [1.82, 2.24) is 5.32 Å². The van der Waals surface area contributed by atoms with Gasteiger partial charge in [0.25, 0.3) is 0 Å². The van der Waals surface area contributed by atoms with Crippen molar-refractivity contribution in [3.05, 3.63) is 71.3 Å². The minimum atomic E-state index is -0.298. The lowest BCUT2D eigenvalue weighted by atomic mass is 9.95. The molecule has 0 radical (unpaired) electrons. The van der Waals surface area contributed by atoms with Crippen molar-refractivity contribution in [1.29, 1.82) is 0 Å². The highest BCUT2D eigenvalue weighted by Crippen LogP contribution is 2.27. The number of nitrogens with one attached hydrogen (secondary N) is 1. The summed E-state index contributed by atoms with van der Waals surface area (Å²) in [6, 6.07) is 12.7. The van der Waals surface area contributed by atoms with Gasteiger partial charge in [-0.1, -0.05) is 24.3 Å².